The van der Waals surface area contributed by atoms with Gasteiger partial charge in [0, 0.05) is 19.2 Å². The number of aryl methyl sites for hydroxylation is 1. The van der Waals surface area contributed by atoms with Crippen LogP contribution in [0.15, 0.2) is 34.7 Å². The first-order valence-electron chi connectivity index (χ1n) is 7.55. The van der Waals surface area contributed by atoms with Crippen molar-refractivity contribution < 1.29 is 17.2 Å². The molecule has 6 heteroatoms. The maximum absolute atomic E-state index is 13.5. The van der Waals surface area contributed by atoms with Crippen LogP contribution in [0.3, 0.4) is 0 Å². The number of benzene rings is 1. The Hall–Kier alpha value is -1.66. The van der Waals surface area contributed by atoms with E-state index >= 15 is 0 Å². The molecule has 0 aliphatic heterocycles. The van der Waals surface area contributed by atoms with Gasteiger partial charge in [0.1, 0.15) is 17.3 Å². The molecular weight excluding hydrogens is 317 g/mol. The van der Waals surface area contributed by atoms with Gasteiger partial charge in [-0.05, 0) is 42.3 Å². The molecule has 4 nitrogen and oxygen atoms in total. The summed E-state index contributed by atoms with van der Waals surface area (Å²) in [6.07, 6.45) is 2.00. The lowest BCUT2D eigenvalue weighted by Crippen LogP contribution is -2.19. The third-order valence-electron chi connectivity index (χ3n) is 3.64. The fraction of sp³-hybridized carbons (Fsp3) is 0.412. The highest BCUT2D eigenvalue weighted by molar-refractivity contribution is 7.89. The Labute approximate surface area is 136 Å². The van der Waals surface area contributed by atoms with Gasteiger partial charge in [0.15, 0.2) is 9.84 Å². The van der Waals surface area contributed by atoms with Gasteiger partial charge in [0.25, 0.3) is 0 Å². The molecule has 126 valence electrons. The van der Waals surface area contributed by atoms with Gasteiger partial charge in [-0.3, -0.25) is 0 Å². The average molecular weight is 339 g/mol. The van der Waals surface area contributed by atoms with Crippen molar-refractivity contribution in [1.29, 1.82) is 0 Å². The predicted octanol–water partition coefficient (Wildman–Crippen LogP) is 3.38. The van der Waals surface area contributed by atoms with E-state index in [1.54, 1.807) is 0 Å². The molecule has 1 aromatic heterocycles. The predicted molar refractivity (Wildman–Crippen MR) is 88.3 cm³/mol. The summed E-state index contributed by atoms with van der Waals surface area (Å²) in [7, 11) is -3.17. The van der Waals surface area contributed by atoms with E-state index < -0.39 is 9.84 Å². The molecular formula is C17H22FNO3S. The van der Waals surface area contributed by atoms with Crippen LogP contribution in [0.2, 0.25) is 0 Å². The highest BCUT2D eigenvalue weighted by Gasteiger charge is 2.13. The van der Waals surface area contributed by atoms with Crippen molar-refractivity contribution in [2.45, 2.75) is 38.6 Å². The molecule has 1 aromatic carbocycles. The maximum atomic E-state index is 13.5. The molecule has 23 heavy (non-hydrogen) atoms. The first-order chi connectivity index (χ1) is 10.8. The van der Waals surface area contributed by atoms with Crippen LogP contribution < -0.4 is 5.32 Å². The van der Waals surface area contributed by atoms with Crippen molar-refractivity contribution >= 4 is 9.84 Å². The molecule has 1 heterocycles. The molecule has 0 unspecified atom stereocenters. The lowest BCUT2D eigenvalue weighted by Gasteiger charge is -2.14. The summed E-state index contributed by atoms with van der Waals surface area (Å²) in [5.41, 5.74) is 1.26. The SMILES string of the molecule is CCc1ccc([C@@H](C)NCc2cc(F)ccc2CS(C)(=O)=O)o1. The monoisotopic (exact) mass is 339 g/mol. The first-order valence-corrected chi connectivity index (χ1v) is 9.61. The minimum Gasteiger partial charge on any atom is -0.464 e. The summed E-state index contributed by atoms with van der Waals surface area (Å²) in [5.74, 6) is 1.25. The number of nitrogens with one attached hydrogen (secondary N) is 1. The van der Waals surface area contributed by atoms with E-state index in [1.165, 1.54) is 24.5 Å². The van der Waals surface area contributed by atoms with Crippen molar-refractivity contribution in [2.24, 2.45) is 0 Å². The highest BCUT2D eigenvalue weighted by atomic mass is 32.2. The highest BCUT2D eigenvalue weighted by Crippen LogP contribution is 2.19. The smallest absolute Gasteiger partial charge is 0.151 e. The number of hydrogen-bond acceptors (Lipinski definition) is 4. The summed E-state index contributed by atoms with van der Waals surface area (Å²) in [6, 6.07) is 7.99. The summed E-state index contributed by atoms with van der Waals surface area (Å²) in [4.78, 5) is 0. The van der Waals surface area contributed by atoms with Gasteiger partial charge in [0.05, 0.1) is 11.8 Å². The number of sulfone groups is 1. The standard InChI is InChI=1S/C17H22FNO3S/c1-4-16-7-8-17(22-16)12(2)19-10-14-9-15(18)6-5-13(14)11-23(3,20)21/h5-9,12,19H,4,10-11H2,1-3H3/t12-/m1/s1. The lowest BCUT2D eigenvalue weighted by molar-refractivity contribution is 0.408. The van der Waals surface area contributed by atoms with E-state index in [0.29, 0.717) is 17.7 Å². The Kier molecular flexibility index (Phi) is 5.59. The Bertz CT molecular complexity index is 768. The summed E-state index contributed by atoms with van der Waals surface area (Å²) >= 11 is 0. The molecule has 1 atom stereocenters. The van der Waals surface area contributed by atoms with Crippen LogP contribution in [0.4, 0.5) is 4.39 Å². The van der Waals surface area contributed by atoms with Crippen molar-refractivity contribution in [3.8, 4) is 0 Å². The van der Waals surface area contributed by atoms with E-state index in [1.807, 2.05) is 26.0 Å². The zero-order valence-corrected chi connectivity index (χ0v) is 14.4. The van der Waals surface area contributed by atoms with Gasteiger partial charge in [-0.2, -0.15) is 0 Å². The second kappa shape index (κ2) is 7.27. The van der Waals surface area contributed by atoms with Gasteiger partial charge in [-0.1, -0.05) is 13.0 Å². The largest absolute Gasteiger partial charge is 0.464 e. The fourth-order valence-electron chi connectivity index (χ4n) is 2.36. The summed E-state index contributed by atoms with van der Waals surface area (Å²) in [6.45, 7) is 4.34. The quantitative estimate of drug-likeness (QED) is 0.840. The zero-order valence-electron chi connectivity index (χ0n) is 13.6. The summed E-state index contributed by atoms with van der Waals surface area (Å²) < 4.78 is 42.2. The molecule has 0 saturated heterocycles. The minimum absolute atomic E-state index is 0.0512. The molecule has 0 amide bonds. The number of rotatable bonds is 7. The normalized spacial score (nSPS) is 13.2. The van der Waals surface area contributed by atoms with Crippen LogP contribution in [0, 0.1) is 5.82 Å². The molecule has 1 N–H and O–H groups in total. The van der Waals surface area contributed by atoms with Gasteiger partial charge in [-0.15, -0.1) is 0 Å². The third kappa shape index (κ3) is 5.18. The van der Waals surface area contributed by atoms with E-state index in [4.69, 9.17) is 4.42 Å². The van der Waals surface area contributed by atoms with E-state index in [2.05, 4.69) is 5.32 Å². The molecule has 0 radical (unpaired) electrons. The Morgan fingerprint density at radius 3 is 2.57 bits per heavy atom. The first kappa shape index (κ1) is 17.7. The van der Waals surface area contributed by atoms with Gasteiger partial charge < -0.3 is 9.73 Å². The van der Waals surface area contributed by atoms with E-state index in [-0.39, 0.29) is 17.6 Å². The van der Waals surface area contributed by atoms with Crippen LogP contribution in [-0.4, -0.2) is 14.7 Å². The second-order valence-electron chi connectivity index (χ2n) is 5.74. The molecule has 0 saturated carbocycles. The van der Waals surface area contributed by atoms with Gasteiger partial charge in [0.2, 0.25) is 0 Å². The average Bonchev–Trinajstić information content (AvgIpc) is 2.95. The minimum atomic E-state index is -3.17. The lowest BCUT2D eigenvalue weighted by atomic mass is 10.1. The molecule has 0 bridgehead atoms. The van der Waals surface area contributed by atoms with Crippen molar-refractivity contribution in [3.63, 3.8) is 0 Å². The van der Waals surface area contributed by atoms with E-state index in [0.717, 1.165) is 17.9 Å². The third-order valence-corrected chi connectivity index (χ3v) is 4.48. The van der Waals surface area contributed by atoms with Crippen LogP contribution in [0.25, 0.3) is 0 Å². The second-order valence-corrected chi connectivity index (χ2v) is 7.88. The van der Waals surface area contributed by atoms with Crippen molar-refractivity contribution in [2.75, 3.05) is 6.26 Å². The molecule has 2 aromatic rings. The molecule has 2 rings (SSSR count). The topological polar surface area (TPSA) is 59.3 Å². The van der Waals surface area contributed by atoms with Crippen molar-refractivity contribution in [3.05, 3.63) is 58.8 Å². The Morgan fingerprint density at radius 2 is 1.96 bits per heavy atom. The fourth-order valence-corrected chi connectivity index (χ4v) is 3.21. The number of halogens is 1. The van der Waals surface area contributed by atoms with Gasteiger partial charge >= 0.3 is 0 Å². The zero-order chi connectivity index (χ0) is 17.0. The Morgan fingerprint density at radius 1 is 1.22 bits per heavy atom. The molecule has 0 fully saturated rings. The van der Waals surface area contributed by atoms with Gasteiger partial charge in [-0.25, -0.2) is 12.8 Å². The van der Waals surface area contributed by atoms with Crippen LogP contribution >= 0.6 is 0 Å². The molecule has 0 spiro atoms. The number of hydrogen-bond donors (Lipinski definition) is 1. The summed E-state index contributed by atoms with van der Waals surface area (Å²) in [5, 5.41) is 3.25. The maximum Gasteiger partial charge on any atom is 0.151 e. The van der Waals surface area contributed by atoms with Crippen LogP contribution in [-0.2, 0) is 28.6 Å². The van der Waals surface area contributed by atoms with E-state index in [9.17, 15) is 12.8 Å². The molecule has 0 aliphatic carbocycles. The Balaban J connectivity index is 2.11. The molecule has 0 aliphatic rings. The van der Waals surface area contributed by atoms with Crippen LogP contribution in [0.5, 0.6) is 0 Å². The number of furan rings is 1. The van der Waals surface area contributed by atoms with Crippen molar-refractivity contribution in [1.82, 2.24) is 5.32 Å². The van der Waals surface area contributed by atoms with Crippen LogP contribution in [0.1, 0.15) is 42.5 Å².